The molecule has 2 atom stereocenters. The van der Waals surface area contributed by atoms with Crippen LogP contribution in [0.2, 0.25) is 0 Å². The Morgan fingerprint density at radius 1 is 1.44 bits per heavy atom. The molecule has 1 heterocycles. The summed E-state index contributed by atoms with van der Waals surface area (Å²) in [5.74, 6) is 0.0580. The largest absolute Gasteiger partial charge is 0.450 e. The number of nitrogens with one attached hydrogen (secondary N) is 1. The predicted octanol–water partition coefficient (Wildman–Crippen LogP) is 3.62. The molecule has 1 amide bonds. The van der Waals surface area contributed by atoms with Gasteiger partial charge in [-0.25, -0.2) is 14.2 Å². The van der Waals surface area contributed by atoms with Crippen molar-refractivity contribution in [3.63, 3.8) is 0 Å². The van der Waals surface area contributed by atoms with E-state index in [2.05, 4.69) is 15.3 Å². The van der Waals surface area contributed by atoms with Gasteiger partial charge in [0.2, 0.25) is 0 Å². The molecule has 0 aliphatic heterocycles. The Bertz CT molecular complexity index is 775. The normalized spacial score (nSPS) is 14.6. The molecule has 0 bridgehead atoms. The molecular weight excluding hydrogens is 343 g/mol. The summed E-state index contributed by atoms with van der Waals surface area (Å²) in [6.45, 7) is 7.75. The number of carbonyl (C=O) groups excluding carboxylic acids is 1. The van der Waals surface area contributed by atoms with Crippen LogP contribution in [0.4, 0.5) is 9.18 Å². The van der Waals surface area contributed by atoms with Gasteiger partial charge in [-0.3, -0.25) is 4.99 Å². The molecule has 0 unspecified atom stereocenters. The summed E-state index contributed by atoms with van der Waals surface area (Å²) in [5, 5.41) is 3.46. The first kappa shape index (κ1) is 19.1. The van der Waals surface area contributed by atoms with Gasteiger partial charge >= 0.3 is 6.09 Å². The summed E-state index contributed by atoms with van der Waals surface area (Å²) >= 11 is 1.38. The first-order chi connectivity index (χ1) is 11.8. The van der Waals surface area contributed by atoms with Gasteiger partial charge in [-0.1, -0.05) is 13.8 Å². The van der Waals surface area contributed by atoms with Gasteiger partial charge in [0.05, 0.1) is 22.9 Å². The summed E-state index contributed by atoms with van der Waals surface area (Å²) in [6, 6.07) is 3.74. The third-order valence-electron chi connectivity index (χ3n) is 3.60. The fraction of sp³-hybridized carbons (Fsp3) is 0.471. The van der Waals surface area contributed by atoms with Gasteiger partial charge in [0.15, 0.2) is 0 Å². The molecule has 1 aromatic carbocycles. The number of aliphatic imine (C=N–C) groups is 1. The van der Waals surface area contributed by atoms with Crippen LogP contribution in [0.25, 0.3) is 10.2 Å². The van der Waals surface area contributed by atoms with E-state index in [1.807, 2.05) is 20.8 Å². The van der Waals surface area contributed by atoms with Crippen LogP contribution in [0.3, 0.4) is 0 Å². The van der Waals surface area contributed by atoms with E-state index in [9.17, 15) is 9.18 Å². The van der Waals surface area contributed by atoms with Crippen molar-refractivity contribution in [3.8, 4) is 0 Å². The molecule has 136 valence electrons. The fourth-order valence-electron chi connectivity index (χ4n) is 2.34. The zero-order valence-corrected chi connectivity index (χ0v) is 15.6. The van der Waals surface area contributed by atoms with E-state index in [1.54, 1.807) is 13.0 Å². The van der Waals surface area contributed by atoms with Gasteiger partial charge in [-0.15, -0.1) is 11.3 Å². The highest BCUT2D eigenvalue weighted by atomic mass is 32.1. The standard InChI is InChI=1S/C17H23FN4O2S/c1-5-24-17(23)22-14(9(2)3)15(19)20-10(4)16-21-12-7-6-11(18)8-13(12)25-16/h6-10,14H,5H2,1-4H3,(H2,19,20)(H,22,23)/t10-,14+/m1/s1. The molecule has 0 radical (unpaired) electrons. The maximum atomic E-state index is 13.3. The Kier molecular flexibility index (Phi) is 6.30. The number of rotatable bonds is 6. The van der Waals surface area contributed by atoms with Crippen LogP contribution in [-0.2, 0) is 4.74 Å². The van der Waals surface area contributed by atoms with E-state index in [0.717, 1.165) is 15.2 Å². The van der Waals surface area contributed by atoms with Crippen molar-refractivity contribution in [2.24, 2.45) is 16.6 Å². The van der Waals surface area contributed by atoms with E-state index in [-0.39, 0.29) is 24.4 Å². The topological polar surface area (TPSA) is 89.6 Å². The molecule has 2 rings (SSSR count). The molecule has 2 aromatic rings. The lowest BCUT2D eigenvalue weighted by Crippen LogP contribution is -2.48. The van der Waals surface area contributed by atoms with Crippen molar-refractivity contribution in [3.05, 3.63) is 29.0 Å². The van der Waals surface area contributed by atoms with Crippen LogP contribution >= 0.6 is 11.3 Å². The number of halogens is 1. The molecular formula is C17H23FN4O2S. The van der Waals surface area contributed by atoms with Gasteiger partial charge < -0.3 is 15.8 Å². The number of carbonyl (C=O) groups is 1. The minimum atomic E-state index is -0.525. The minimum Gasteiger partial charge on any atom is -0.450 e. The summed E-state index contributed by atoms with van der Waals surface area (Å²) in [4.78, 5) is 20.6. The Labute approximate surface area is 150 Å². The van der Waals surface area contributed by atoms with E-state index < -0.39 is 12.1 Å². The van der Waals surface area contributed by atoms with Crippen molar-refractivity contribution in [2.75, 3.05) is 6.61 Å². The smallest absolute Gasteiger partial charge is 0.407 e. The molecule has 0 spiro atoms. The molecule has 25 heavy (non-hydrogen) atoms. The number of nitrogens with two attached hydrogens (primary N) is 1. The summed E-state index contributed by atoms with van der Waals surface area (Å²) < 4.78 is 19.0. The lowest BCUT2D eigenvalue weighted by molar-refractivity contribution is 0.148. The number of benzene rings is 1. The van der Waals surface area contributed by atoms with Gasteiger partial charge in [-0.05, 0) is 38.0 Å². The predicted molar refractivity (Wildman–Crippen MR) is 98.4 cm³/mol. The van der Waals surface area contributed by atoms with Crippen LogP contribution in [0, 0.1) is 11.7 Å². The number of aromatic nitrogens is 1. The quantitative estimate of drug-likeness (QED) is 0.603. The Balaban J connectivity index is 2.20. The lowest BCUT2D eigenvalue weighted by atomic mass is 10.0. The summed E-state index contributed by atoms with van der Waals surface area (Å²) in [5.41, 5.74) is 6.85. The van der Waals surface area contributed by atoms with Crippen LogP contribution in [-0.4, -0.2) is 29.6 Å². The highest BCUT2D eigenvalue weighted by Crippen LogP contribution is 2.28. The number of amidine groups is 1. The molecule has 0 fully saturated rings. The second-order valence-corrected chi connectivity index (χ2v) is 7.04. The maximum absolute atomic E-state index is 13.3. The zero-order valence-electron chi connectivity index (χ0n) is 14.7. The molecule has 6 nitrogen and oxygen atoms in total. The number of nitrogens with zero attached hydrogens (tertiary/aromatic N) is 2. The van der Waals surface area contributed by atoms with E-state index in [1.165, 1.54) is 23.5 Å². The van der Waals surface area contributed by atoms with Gasteiger partial charge in [0, 0.05) is 0 Å². The summed E-state index contributed by atoms with van der Waals surface area (Å²) in [7, 11) is 0. The Hall–Kier alpha value is -2.22. The van der Waals surface area contributed by atoms with Crippen molar-refractivity contribution >= 4 is 33.5 Å². The third-order valence-corrected chi connectivity index (χ3v) is 4.79. The van der Waals surface area contributed by atoms with Gasteiger partial charge in [-0.2, -0.15) is 0 Å². The highest BCUT2D eigenvalue weighted by Gasteiger charge is 2.22. The first-order valence-electron chi connectivity index (χ1n) is 8.14. The molecule has 0 saturated heterocycles. The van der Waals surface area contributed by atoms with Crippen LogP contribution < -0.4 is 11.1 Å². The Morgan fingerprint density at radius 2 is 2.16 bits per heavy atom. The minimum absolute atomic E-state index is 0.0461. The number of fused-ring (bicyclic) bond motifs is 1. The third kappa shape index (κ3) is 4.88. The number of alkyl carbamates (subject to hydrolysis) is 1. The molecule has 3 N–H and O–H groups in total. The number of thiazole rings is 1. The zero-order chi connectivity index (χ0) is 18.6. The van der Waals surface area contributed by atoms with Crippen LogP contribution in [0.1, 0.15) is 38.7 Å². The number of hydrogen-bond acceptors (Lipinski definition) is 5. The van der Waals surface area contributed by atoms with Crippen LogP contribution in [0.15, 0.2) is 23.2 Å². The lowest BCUT2D eigenvalue weighted by Gasteiger charge is -2.22. The van der Waals surface area contributed by atoms with Crippen LogP contribution in [0.5, 0.6) is 0 Å². The van der Waals surface area contributed by atoms with E-state index >= 15 is 0 Å². The molecule has 0 aliphatic rings. The van der Waals surface area contributed by atoms with Gasteiger partial charge in [0.1, 0.15) is 22.7 Å². The number of amides is 1. The van der Waals surface area contributed by atoms with Gasteiger partial charge in [0.25, 0.3) is 0 Å². The average Bonchev–Trinajstić information content (AvgIpc) is 2.95. The SMILES string of the molecule is CCOC(=O)N[C@H](C(N)=N[C@H](C)c1nc2ccc(F)cc2s1)C(C)C. The van der Waals surface area contributed by atoms with E-state index in [0.29, 0.717) is 5.84 Å². The molecule has 1 aromatic heterocycles. The fourth-order valence-corrected chi connectivity index (χ4v) is 3.32. The first-order valence-corrected chi connectivity index (χ1v) is 8.95. The molecule has 8 heteroatoms. The number of ether oxygens (including phenoxy) is 1. The second kappa shape index (κ2) is 8.24. The monoisotopic (exact) mass is 366 g/mol. The van der Waals surface area contributed by atoms with E-state index in [4.69, 9.17) is 10.5 Å². The summed E-state index contributed by atoms with van der Waals surface area (Å²) in [6.07, 6.45) is -0.525. The van der Waals surface area contributed by atoms with Crippen molar-refractivity contribution in [2.45, 2.75) is 39.8 Å². The molecule has 0 saturated carbocycles. The van der Waals surface area contributed by atoms with Crippen molar-refractivity contribution in [1.82, 2.24) is 10.3 Å². The highest BCUT2D eigenvalue weighted by molar-refractivity contribution is 7.18. The average molecular weight is 366 g/mol. The maximum Gasteiger partial charge on any atom is 0.407 e. The Morgan fingerprint density at radius 3 is 2.80 bits per heavy atom. The molecule has 0 aliphatic carbocycles. The van der Waals surface area contributed by atoms with Crippen molar-refractivity contribution in [1.29, 1.82) is 0 Å². The second-order valence-electron chi connectivity index (χ2n) is 5.98. The number of hydrogen-bond donors (Lipinski definition) is 2. The van der Waals surface area contributed by atoms with Crippen molar-refractivity contribution < 1.29 is 13.9 Å².